The third-order valence-corrected chi connectivity index (χ3v) is 3.93. The van der Waals surface area contributed by atoms with Gasteiger partial charge in [-0.05, 0) is 24.8 Å². The van der Waals surface area contributed by atoms with Crippen molar-refractivity contribution in [2.75, 3.05) is 0 Å². The Balaban J connectivity index is 1.86. The molecule has 24 heavy (non-hydrogen) atoms. The number of hydrogen-bond donors (Lipinski definition) is 2. The maximum Gasteiger partial charge on any atom is 0.273 e. The molecule has 1 heterocycles. The van der Waals surface area contributed by atoms with E-state index in [0.717, 1.165) is 18.5 Å². The number of carbonyl (C=O) groups excluding carboxylic acids is 1. The average Bonchev–Trinajstić information content (AvgIpc) is 3.03. The fraction of sp³-hybridized carbons (Fsp3) is 0.500. The first-order valence-electron chi connectivity index (χ1n) is 8.38. The van der Waals surface area contributed by atoms with Gasteiger partial charge in [0.2, 0.25) is 0 Å². The van der Waals surface area contributed by atoms with Gasteiger partial charge in [0, 0.05) is 13.0 Å². The maximum atomic E-state index is 12.2. The topological polar surface area (TPSA) is 80.0 Å². The molecule has 0 aliphatic rings. The number of aromatic nitrogens is 3. The highest BCUT2D eigenvalue weighted by Gasteiger charge is 2.19. The predicted molar refractivity (Wildman–Crippen MR) is 92.6 cm³/mol. The van der Waals surface area contributed by atoms with Gasteiger partial charge in [0.1, 0.15) is 0 Å². The van der Waals surface area contributed by atoms with Crippen LogP contribution in [0.5, 0.6) is 0 Å². The smallest absolute Gasteiger partial charge is 0.273 e. The molecule has 2 unspecified atom stereocenters. The molecule has 2 rings (SSSR count). The molecule has 1 aromatic heterocycles. The molecule has 1 amide bonds. The van der Waals surface area contributed by atoms with Gasteiger partial charge < -0.3 is 10.4 Å². The molecule has 0 fully saturated rings. The molecule has 0 radical (unpaired) electrons. The van der Waals surface area contributed by atoms with Crippen molar-refractivity contribution in [3.63, 3.8) is 0 Å². The summed E-state index contributed by atoms with van der Waals surface area (Å²) in [5, 5.41) is 20.9. The lowest BCUT2D eigenvalue weighted by Crippen LogP contribution is -2.42. The third-order valence-electron chi connectivity index (χ3n) is 3.93. The molecule has 6 heteroatoms. The molecule has 6 nitrogen and oxygen atoms in total. The minimum atomic E-state index is -0.660. The number of rotatable bonds is 8. The Morgan fingerprint density at radius 3 is 2.62 bits per heavy atom. The van der Waals surface area contributed by atoms with Crippen molar-refractivity contribution >= 4 is 5.91 Å². The standard InChI is InChI=1S/C18H26N4O2/c1-13(2)9-10-22-12-16(20-21-22)18(24)19-14(3)17(23)11-15-7-5-4-6-8-15/h4-8,12-14,17,23H,9-11H2,1-3H3,(H,19,24). The van der Waals surface area contributed by atoms with Crippen LogP contribution in [0.4, 0.5) is 0 Å². The highest BCUT2D eigenvalue weighted by molar-refractivity contribution is 5.92. The summed E-state index contributed by atoms with van der Waals surface area (Å²) in [4.78, 5) is 12.2. The Labute approximate surface area is 142 Å². The molecule has 2 N–H and O–H groups in total. The number of nitrogens with one attached hydrogen (secondary N) is 1. The first-order valence-corrected chi connectivity index (χ1v) is 8.38. The predicted octanol–water partition coefficient (Wildman–Crippen LogP) is 2.05. The lowest BCUT2D eigenvalue weighted by molar-refractivity contribution is 0.0847. The van der Waals surface area contributed by atoms with E-state index in [-0.39, 0.29) is 17.6 Å². The molecule has 1 aromatic carbocycles. The van der Waals surface area contributed by atoms with Crippen LogP contribution in [0.1, 0.15) is 43.2 Å². The van der Waals surface area contributed by atoms with Crippen molar-refractivity contribution in [2.24, 2.45) is 5.92 Å². The van der Waals surface area contributed by atoms with E-state index in [1.54, 1.807) is 17.8 Å². The van der Waals surface area contributed by atoms with Gasteiger partial charge in [-0.1, -0.05) is 49.4 Å². The molecule has 0 saturated heterocycles. The van der Waals surface area contributed by atoms with E-state index in [2.05, 4.69) is 29.5 Å². The van der Waals surface area contributed by atoms with Gasteiger partial charge in [-0.25, -0.2) is 0 Å². The summed E-state index contributed by atoms with van der Waals surface area (Å²) in [5.74, 6) is 0.255. The van der Waals surface area contributed by atoms with E-state index in [9.17, 15) is 9.90 Å². The highest BCUT2D eigenvalue weighted by atomic mass is 16.3. The van der Waals surface area contributed by atoms with Gasteiger partial charge in [-0.15, -0.1) is 5.10 Å². The number of benzene rings is 1. The number of aliphatic hydroxyl groups excluding tert-OH is 1. The summed E-state index contributed by atoms with van der Waals surface area (Å²) >= 11 is 0. The normalized spacial score (nSPS) is 13.7. The van der Waals surface area contributed by atoms with Gasteiger partial charge in [0.05, 0.1) is 18.3 Å². The van der Waals surface area contributed by atoms with Crippen molar-refractivity contribution < 1.29 is 9.90 Å². The van der Waals surface area contributed by atoms with Crippen LogP contribution in [0.3, 0.4) is 0 Å². The Hall–Kier alpha value is -2.21. The molecule has 130 valence electrons. The summed E-state index contributed by atoms with van der Waals surface area (Å²) in [7, 11) is 0. The maximum absolute atomic E-state index is 12.2. The zero-order valence-corrected chi connectivity index (χ0v) is 14.5. The molecule has 2 aromatic rings. The van der Waals surface area contributed by atoms with Crippen LogP contribution in [0.2, 0.25) is 0 Å². The van der Waals surface area contributed by atoms with Crippen LogP contribution in [0.25, 0.3) is 0 Å². The second-order valence-corrected chi connectivity index (χ2v) is 6.57. The zero-order chi connectivity index (χ0) is 17.5. The Morgan fingerprint density at radius 1 is 1.25 bits per heavy atom. The van der Waals surface area contributed by atoms with Gasteiger partial charge in [-0.2, -0.15) is 0 Å². The van der Waals surface area contributed by atoms with Crippen LogP contribution >= 0.6 is 0 Å². The first-order chi connectivity index (χ1) is 11.5. The van der Waals surface area contributed by atoms with Gasteiger partial charge in [0.25, 0.3) is 5.91 Å². The summed E-state index contributed by atoms with van der Waals surface area (Å²) < 4.78 is 1.68. The van der Waals surface area contributed by atoms with Crippen molar-refractivity contribution in [1.29, 1.82) is 0 Å². The lowest BCUT2D eigenvalue weighted by Gasteiger charge is -2.19. The minimum absolute atomic E-state index is 0.275. The van der Waals surface area contributed by atoms with Crippen molar-refractivity contribution in [3.05, 3.63) is 47.8 Å². The van der Waals surface area contributed by atoms with E-state index < -0.39 is 6.10 Å². The molecular formula is C18H26N4O2. The number of hydrogen-bond acceptors (Lipinski definition) is 4. The largest absolute Gasteiger partial charge is 0.391 e. The number of amides is 1. The Morgan fingerprint density at radius 2 is 1.96 bits per heavy atom. The van der Waals surface area contributed by atoms with E-state index in [1.807, 2.05) is 30.3 Å². The second kappa shape index (κ2) is 8.59. The van der Waals surface area contributed by atoms with Crippen LogP contribution in [-0.2, 0) is 13.0 Å². The minimum Gasteiger partial charge on any atom is -0.391 e. The van der Waals surface area contributed by atoms with Crippen LogP contribution in [0.15, 0.2) is 36.5 Å². The fourth-order valence-electron chi connectivity index (χ4n) is 2.31. The summed E-state index contributed by atoms with van der Waals surface area (Å²) in [6.07, 6.45) is 2.46. The Kier molecular flexibility index (Phi) is 6.49. The van der Waals surface area contributed by atoms with E-state index in [1.165, 1.54) is 0 Å². The van der Waals surface area contributed by atoms with Crippen LogP contribution in [0, 0.1) is 5.92 Å². The van der Waals surface area contributed by atoms with Crippen molar-refractivity contribution in [1.82, 2.24) is 20.3 Å². The molecule has 0 spiro atoms. The van der Waals surface area contributed by atoms with E-state index in [0.29, 0.717) is 12.3 Å². The average molecular weight is 330 g/mol. The lowest BCUT2D eigenvalue weighted by atomic mass is 10.0. The first kappa shape index (κ1) is 18.1. The van der Waals surface area contributed by atoms with Gasteiger partial charge in [-0.3, -0.25) is 9.48 Å². The zero-order valence-electron chi connectivity index (χ0n) is 14.5. The summed E-state index contributed by atoms with van der Waals surface area (Å²) in [5.41, 5.74) is 1.31. The second-order valence-electron chi connectivity index (χ2n) is 6.57. The van der Waals surface area contributed by atoms with Crippen molar-refractivity contribution in [2.45, 2.75) is 52.3 Å². The molecule has 2 atom stereocenters. The third kappa shape index (κ3) is 5.45. The number of aliphatic hydroxyl groups is 1. The molecular weight excluding hydrogens is 304 g/mol. The fourth-order valence-corrected chi connectivity index (χ4v) is 2.31. The molecule has 0 aliphatic heterocycles. The van der Waals surface area contributed by atoms with Crippen LogP contribution in [-0.4, -0.2) is 38.2 Å². The number of carbonyl (C=O) groups is 1. The highest BCUT2D eigenvalue weighted by Crippen LogP contribution is 2.07. The van der Waals surface area contributed by atoms with E-state index in [4.69, 9.17) is 0 Å². The van der Waals surface area contributed by atoms with E-state index >= 15 is 0 Å². The summed E-state index contributed by atoms with van der Waals surface area (Å²) in [6, 6.07) is 9.33. The quantitative estimate of drug-likeness (QED) is 0.776. The Bertz CT molecular complexity index is 639. The molecule has 0 aliphatic carbocycles. The van der Waals surface area contributed by atoms with Gasteiger partial charge >= 0.3 is 0 Å². The summed E-state index contributed by atoms with van der Waals surface area (Å²) in [6.45, 7) is 6.81. The molecule has 0 saturated carbocycles. The number of nitrogens with zero attached hydrogens (tertiary/aromatic N) is 3. The van der Waals surface area contributed by atoms with Gasteiger partial charge in [0.15, 0.2) is 5.69 Å². The van der Waals surface area contributed by atoms with Crippen molar-refractivity contribution in [3.8, 4) is 0 Å². The number of aryl methyl sites for hydroxylation is 1. The van der Waals surface area contributed by atoms with Crippen LogP contribution < -0.4 is 5.32 Å². The monoisotopic (exact) mass is 330 g/mol. The SMILES string of the molecule is CC(C)CCn1cc(C(=O)NC(C)C(O)Cc2ccccc2)nn1. The molecule has 0 bridgehead atoms.